The summed E-state index contributed by atoms with van der Waals surface area (Å²) >= 11 is 0. The van der Waals surface area contributed by atoms with Gasteiger partial charge in [-0.15, -0.1) is 11.5 Å². The lowest BCUT2D eigenvalue weighted by atomic mass is 9.81. The first-order valence-electron chi connectivity index (χ1n) is 9.99. The second-order valence-electron chi connectivity index (χ2n) is 9.58. The highest BCUT2D eigenvalue weighted by Crippen LogP contribution is 2.35. The zero-order valence-corrected chi connectivity index (χ0v) is 20.9. The van der Waals surface area contributed by atoms with Crippen LogP contribution in [-0.2, 0) is 23.6 Å². The van der Waals surface area contributed by atoms with Gasteiger partial charge in [0.2, 0.25) is 0 Å². The number of rotatable bonds is 5. The summed E-state index contributed by atoms with van der Waals surface area (Å²) < 4.78 is 46.3. The number of nitrogens with zero attached hydrogens (tertiary/aromatic N) is 1. The number of aromatic nitrogens is 1. The molecular weight excluding hydrogens is 434 g/mol. The third-order valence-corrected chi connectivity index (χ3v) is 7.18. The van der Waals surface area contributed by atoms with Gasteiger partial charge in [0.1, 0.15) is 19.7 Å². The summed E-state index contributed by atoms with van der Waals surface area (Å²) in [7, 11) is -1.93. The van der Waals surface area contributed by atoms with E-state index in [-0.39, 0.29) is 17.5 Å². The van der Waals surface area contributed by atoms with E-state index >= 15 is 4.39 Å². The summed E-state index contributed by atoms with van der Waals surface area (Å²) in [6.07, 6.45) is 1.53. The fraction of sp³-hybridized carbons (Fsp3) is 0.435. The van der Waals surface area contributed by atoms with Gasteiger partial charge in [-0.25, -0.2) is 17.7 Å². The second kappa shape index (κ2) is 9.19. The van der Waals surface area contributed by atoms with Crippen molar-refractivity contribution in [2.75, 3.05) is 0 Å². The normalized spacial score (nSPS) is 15.0. The molecule has 0 fully saturated rings. The molecule has 0 spiro atoms. The Morgan fingerprint density at radius 3 is 2.35 bits per heavy atom. The minimum Gasteiger partial charge on any atom is -0.318 e. The van der Waals surface area contributed by atoms with Crippen molar-refractivity contribution in [3.63, 3.8) is 0 Å². The summed E-state index contributed by atoms with van der Waals surface area (Å²) in [5.74, 6) is 1.73. The molecule has 0 amide bonds. The first kappa shape index (κ1) is 25.2. The maximum absolute atomic E-state index is 15.1. The SMILES string of the molecule is Cn1cccc(C(CC#C[Si](C)(C)C)(NS(=O)C(C)(C)C)c2cc(F)ccc2F)c1=O. The molecule has 2 aromatic rings. The van der Waals surface area contributed by atoms with Crippen LogP contribution >= 0.6 is 0 Å². The molecule has 4 nitrogen and oxygen atoms in total. The molecule has 168 valence electrons. The molecule has 0 aliphatic rings. The number of halogens is 2. The van der Waals surface area contributed by atoms with E-state index in [0.717, 1.165) is 18.2 Å². The smallest absolute Gasteiger partial charge is 0.255 e. The van der Waals surface area contributed by atoms with Crippen LogP contribution in [0.25, 0.3) is 0 Å². The monoisotopic (exact) mass is 464 g/mol. The number of aryl methyl sites for hydroxylation is 1. The van der Waals surface area contributed by atoms with Crippen LogP contribution in [0, 0.1) is 23.1 Å². The molecule has 1 aromatic carbocycles. The predicted molar refractivity (Wildman–Crippen MR) is 126 cm³/mol. The van der Waals surface area contributed by atoms with Gasteiger partial charge in [0.25, 0.3) is 5.56 Å². The summed E-state index contributed by atoms with van der Waals surface area (Å²) in [5, 5.41) is 0. The first-order valence-corrected chi connectivity index (χ1v) is 14.6. The molecule has 2 unspecified atom stereocenters. The summed E-state index contributed by atoms with van der Waals surface area (Å²) in [6, 6.07) is 6.28. The zero-order chi connectivity index (χ0) is 23.6. The Kier molecular flexibility index (Phi) is 7.46. The Hall–Kier alpha value is -2.08. The van der Waals surface area contributed by atoms with Crippen molar-refractivity contribution >= 4 is 19.1 Å². The number of nitrogens with one attached hydrogen (secondary N) is 1. The average Bonchev–Trinajstić information content (AvgIpc) is 2.63. The van der Waals surface area contributed by atoms with E-state index in [9.17, 15) is 13.4 Å². The quantitative estimate of drug-likeness (QED) is 0.532. The average molecular weight is 465 g/mol. The molecule has 0 bridgehead atoms. The van der Waals surface area contributed by atoms with Gasteiger partial charge in [-0.3, -0.25) is 4.79 Å². The molecule has 2 rings (SSSR count). The molecule has 0 radical (unpaired) electrons. The van der Waals surface area contributed by atoms with E-state index in [1.165, 1.54) is 4.57 Å². The van der Waals surface area contributed by atoms with Crippen molar-refractivity contribution in [1.29, 1.82) is 0 Å². The van der Waals surface area contributed by atoms with Crippen LogP contribution in [0.1, 0.15) is 38.3 Å². The predicted octanol–water partition coefficient (Wildman–Crippen LogP) is 4.23. The Morgan fingerprint density at radius 2 is 1.77 bits per heavy atom. The number of benzene rings is 1. The molecule has 0 saturated heterocycles. The van der Waals surface area contributed by atoms with E-state index in [2.05, 4.69) is 35.8 Å². The molecule has 0 aliphatic heterocycles. The Morgan fingerprint density at radius 1 is 1.13 bits per heavy atom. The maximum atomic E-state index is 15.1. The van der Waals surface area contributed by atoms with Gasteiger partial charge in [-0.05, 0) is 51.1 Å². The van der Waals surface area contributed by atoms with E-state index < -0.39 is 46.5 Å². The lowest BCUT2D eigenvalue weighted by Gasteiger charge is -2.36. The van der Waals surface area contributed by atoms with Gasteiger partial charge in [0, 0.05) is 30.8 Å². The van der Waals surface area contributed by atoms with E-state index in [0.29, 0.717) is 0 Å². The van der Waals surface area contributed by atoms with Crippen molar-refractivity contribution in [1.82, 2.24) is 9.29 Å². The largest absolute Gasteiger partial charge is 0.318 e. The van der Waals surface area contributed by atoms with Gasteiger partial charge >= 0.3 is 0 Å². The Bertz CT molecular complexity index is 1110. The van der Waals surface area contributed by atoms with E-state index in [1.54, 1.807) is 46.1 Å². The first-order chi connectivity index (χ1) is 14.2. The van der Waals surface area contributed by atoms with Crippen LogP contribution in [0.2, 0.25) is 19.6 Å². The van der Waals surface area contributed by atoms with Crippen LogP contribution in [0.5, 0.6) is 0 Å². The second-order valence-corrected chi connectivity index (χ2v) is 16.3. The van der Waals surface area contributed by atoms with Gasteiger partial charge < -0.3 is 4.57 Å². The minimum absolute atomic E-state index is 0.0429. The highest BCUT2D eigenvalue weighted by molar-refractivity contribution is 7.84. The van der Waals surface area contributed by atoms with Crippen LogP contribution in [0.4, 0.5) is 8.78 Å². The van der Waals surface area contributed by atoms with Crippen molar-refractivity contribution in [3.05, 3.63) is 69.6 Å². The summed E-state index contributed by atoms with van der Waals surface area (Å²) in [4.78, 5) is 13.1. The van der Waals surface area contributed by atoms with Gasteiger partial charge in [0.15, 0.2) is 0 Å². The summed E-state index contributed by atoms with van der Waals surface area (Å²) in [6.45, 7) is 11.5. The maximum Gasteiger partial charge on any atom is 0.255 e. The molecule has 8 heteroatoms. The van der Waals surface area contributed by atoms with Gasteiger partial charge in [0.05, 0.1) is 21.3 Å². The number of hydrogen-bond donors (Lipinski definition) is 1. The van der Waals surface area contributed by atoms with E-state index in [4.69, 9.17) is 0 Å². The van der Waals surface area contributed by atoms with Gasteiger partial charge in [-0.2, -0.15) is 0 Å². The molecule has 1 heterocycles. The lowest BCUT2D eigenvalue weighted by Crippen LogP contribution is -2.52. The lowest BCUT2D eigenvalue weighted by molar-refractivity contribution is 0.448. The molecular formula is C23H30F2N2O2SSi. The highest BCUT2D eigenvalue weighted by atomic mass is 32.2. The molecule has 1 N–H and O–H groups in total. The standard InChI is InChI=1S/C23H30F2N2O2SSi/c1-22(2,3)30(29)26-23(13-9-15-31(5,6)7,18-10-8-14-27(4)21(18)28)19-16-17(24)11-12-20(19)25/h8,10-12,14,16,26H,13H2,1-7H3. The van der Waals surface area contributed by atoms with Crippen LogP contribution in [0.15, 0.2) is 41.3 Å². The molecule has 1 aromatic heterocycles. The van der Waals surface area contributed by atoms with Crippen molar-refractivity contribution < 1.29 is 13.0 Å². The fourth-order valence-corrected chi connectivity index (χ4v) is 4.52. The van der Waals surface area contributed by atoms with E-state index in [1.807, 2.05) is 0 Å². The fourth-order valence-electron chi connectivity index (χ4n) is 2.98. The third kappa shape index (κ3) is 6.00. The zero-order valence-electron chi connectivity index (χ0n) is 19.1. The van der Waals surface area contributed by atoms with Crippen molar-refractivity contribution in [2.24, 2.45) is 7.05 Å². The van der Waals surface area contributed by atoms with Crippen LogP contribution in [-0.4, -0.2) is 21.6 Å². The minimum atomic E-state index is -1.80. The van der Waals surface area contributed by atoms with Crippen LogP contribution < -0.4 is 10.3 Å². The van der Waals surface area contributed by atoms with Crippen molar-refractivity contribution in [3.8, 4) is 11.5 Å². The van der Waals surface area contributed by atoms with Crippen LogP contribution in [0.3, 0.4) is 0 Å². The molecule has 2 atom stereocenters. The topological polar surface area (TPSA) is 51.1 Å². The third-order valence-electron chi connectivity index (χ3n) is 4.61. The molecule has 0 saturated carbocycles. The highest BCUT2D eigenvalue weighted by Gasteiger charge is 2.42. The Balaban J connectivity index is 2.93. The Labute approximate surface area is 186 Å². The van der Waals surface area contributed by atoms with Crippen molar-refractivity contribution in [2.45, 2.75) is 57.1 Å². The van der Waals surface area contributed by atoms with Gasteiger partial charge in [-0.1, -0.05) is 19.6 Å². The molecule has 0 aliphatic carbocycles. The summed E-state index contributed by atoms with van der Waals surface area (Å²) in [5.41, 5.74) is 1.27. The molecule has 31 heavy (non-hydrogen) atoms. The number of hydrogen-bond acceptors (Lipinski definition) is 2. The number of pyridine rings is 1.